The lowest BCUT2D eigenvalue weighted by molar-refractivity contribution is -0.420. The standard InChI is InChI=1S/C23H34O6/c1-11-13-6-7-14-22-15(21(3,4)9-8-16(22)25)10-17(29-20(22)27-5)23(14,18(11)26)19(13)28-12(2)24/h13-20,25-26H,1,6-10H2,2-5H3/t13-,14-,15+,16-,17+,18+,19+,20-,22+,23-/m0/s1. The van der Waals surface area contributed by atoms with Crippen molar-refractivity contribution >= 4 is 5.97 Å². The van der Waals surface area contributed by atoms with Crippen molar-refractivity contribution in [2.24, 2.45) is 34.0 Å². The maximum atomic E-state index is 12.0. The van der Waals surface area contributed by atoms with Crippen LogP contribution in [0.15, 0.2) is 12.2 Å². The highest BCUT2D eigenvalue weighted by molar-refractivity contribution is 5.66. The molecule has 6 nitrogen and oxygen atoms in total. The van der Waals surface area contributed by atoms with Gasteiger partial charge in [-0.2, -0.15) is 0 Å². The summed E-state index contributed by atoms with van der Waals surface area (Å²) >= 11 is 0. The molecule has 29 heavy (non-hydrogen) atoms. The molecule has 0 radical (unpaired) electrons. The van der Waals surface area contributed by atoms with Crippen LogP contribution in [0.25, 0.3) is 0 Å². The molecule has 2 spiro atoms. The largest absolute Gasteiger partial charge is 0.461 e. The Kier molecular flexibility index (Phi) is 4.17. The van der Waals surface area contributed by atoms with E-state index < -0.39 is 35.4 Å². The van der Waals surface area contributed by atoms with Crippen LogP contribution in [0, 0.1) is 34.0 Å². The van der Waals surface area contributed by atoms with Gasteiger partial charge in [0.1, 0.15) is 6.10 Å². The molecule has 0 aromatic carbocycles. The van der Waals surface area contributed by atoms with E-state index in [1.165, 1.54) is 6.92 Å². The molecule has 0 aromatic heterocycles. The first kappa shape index (κ1) is 20.0. The molecule has 4 saturated carbocycles. The topological polar surface area (TPSA) is 85.2 Å². The highest BCUT2D eigenvalue weighted by Gasteiger charge is 2.82. The number of hydrogen-bond donors (Lipinski definition) is 2. The first-order valence-electron chi connectivity index (χ1n) is 11.0. The third-order valence-corrected chi connectivity index (χ3v) is 9.53. The lowest BCUT2D eigenvalue weighted by Crippen LogP contribution is -2.79. The van der Waals surface area contributed by atoms with Crippen LogP contribution in [0.5, 0.6) is 0 Å². The summed E-state index contributed by atoms with van der Waals surface area (Å²) in [5, 5.41) is 23.1. The van der Waals surface area contributed by atoms with Gasteiger partial charge in [-0.3, -0.25) is 4.79 Å². The maximum Gasteiger partial charge on any atom is 0.302 e. The van der Waals surface area contributed by atoms with E-state index in [0.717, 1.165) is 31.3 Å². The van der Waals surface area contributed by atoms with E-state index in [0.29, 0.717) is 6.42 Å². The van der Waals surface area contributed by atoms with Crippen LogP contribution in [-0.4, -0.2) is 54.0 Å². The molecule has 2 aliphatic heterocycles. The summed E-state index contributed by atoms with van der Waals surface area (Å²) in [6.45, 7) is 10.2. The van der Waals surface area contributed by atoms with E-state index in [1.807, 2.05) is 0 Å². The zero-order chi connectivity index (χ0) is 20.9. The maximum absolute atomic E-state index is 12.0. The number of methoxy groups -OCH3 is 1. The summed E-state index contributed by atoms with van der Waals surface area (Å²) in [6, 6.07) is 0. The van der Waals surface area contributed by atoms with Crippen LogP contribution in [-0.2, 0) is 19.0 Å². The van der Waals surface area contributed by atoms with Gasteiger partial charge in [-0.1, -0.05) is 20.4 Å². The Bertz CT molecular complexity index is 748. The van der Waals surface area contributed by atoms with E-state index in [9.17, 15) is 15.0 Å². The number of carbonyl (C=O) groups excluding carboxylic acids is 1. The molecule has 6 fully saturated rings. The molecule has 2 saturated heterocycles. The van der Waals surface area contributed by atoms with Crippen molar-refractivity contribution in [3.8, 4) is 0 Å². The summed E-state index contributed by atoms with van der Waals surface area (Å²) in [5.74, 6) is -0.238. The molecule has 10 atom stereocenters. The summed E-state index contributed by atoms with van der Waals surface area (Å²) in [7, 11) is 1.65. The second kappa shape index (κ2) is 6.06. The lowest BCUT2D eigenvalue weighted by atomic mass is 9.36. The summed E-state index contributed by atoms with van der Waals surface area (Å²) < 4.78 is 18.3. The minimum absolute atomic E-state index is 0.0357. The molecule has 0 amide bonds. The van der Waals surface area contributed by atoms with Gasteiger partial charge in [0.05, 0.1) is 29.1 Å². The predicted molar refractivity (Wildman–Crippen MR) is 105 cm³/mol. The van der Waals surface area contributed by atoms with E-state index in [2.05, 4.69) is 20.4 Å². The number of esters is 1. The van der Waals surface area contributed by atoms with Gasteiger partial charge >= 0.3 is 5.97 Å². The average Bonchev–Trinajstić information content (AvgIpc) is 2.79. The fraction of sp³-hybridized carbons (Fsp3) is 0.870. The van der Waals surface area contributed by atoms with E-state index in [4.69, 9.17) is 14.2 Å². The van der Waals surface area contributed by atoms with Crippen LogP contribution in [0.4, 0.5) is 0 Å². The Morgan fingerprint density at radius 1 is 1.17 bits per heavy atom. The third kappa shape index (κ3) is 2.09. The molecule has 6 rings (SSSR count). The van der Waals surface area contributed by atoms with E-state index in [1.54, 1.807) is 7.11 Å². The van der Waals surface area contributed by atoms with Crippen molar-refractivity contribution in [2.45, 2.75) is 83.6 Å². The summed E-state index contributed by atoms with van der Waals surface area (Å²) in [4.78, 5) is 12.0. The highest BCUT2D eigenvalue weighted by Crippen LogP contribution is 2.76. The second-order valence-corrected chi connectivity index (χ2v) is 10.8. The van der Waals surface area contributed by atoms with Gasteiger partial charge in [0, 0.05) is 20.0 Å². The number of carbonyl (C=O) groups is 1. The Labute approximate surface area is 172 Å². The Morgan fingerprint density at radius 2 is 1.90 bits per heavy atom. The van der Waals surface area contributed by atoms with Crippen molar-refractivity contribution in [1.29, 1.82) is 0 Å². The predicted octanol–water partition coefficient (Wildman–Crippen LogP) is 2.42. The molecule has 6 heteroatoms. The summed E-state index contributed by atoms with van der Waals surface area (Å²) in [6.07, 6.45) is 1.35. The molecular formula is C23H34O6. The van der Waals surface area contributed by atoms with Gasteiger partial charge in [-0.25, -0.2) is 0 Å². The molecule has 2 heterocycles. The fourth-order valence-electron chi connectivity index (χ4n) is 8.62. The molecule has 4 aliphatic carbocycles. The molecule has 0 unspecified atom stereocenters. The SMILES string of the molecule is C=C1[C@@H](O)[C@@]23[C@@H](CC[C@@H]1[C@H]2OC(C)=O)[C@@]12[C@@H](OC)O[C@@H]3C[C@@H]1C(C)(C)CC[C@@H]2O. The molecule has 0 aromatic rings. The van der Waals surface area contributed by atoms with Crippen LogP contribution in [0.1, 0.15) is 52.9 Å². The molecule has 6 aliphatic rings. The highest BCUT2D eigenvalue weighted by atomic mass is 16.7. The van der Waals surface area contributed by atoms with Crippen molar-refractivity contribution in [1.82, 2.24) is 0 Å². The smallest absolute Gasteiger partial charge is 0.302 e. The molecular weight excluding hydrogens is 372 g/mol. The van der Waals surface area contributed by atoms with Gasteiger partial charge in [0.2, 0.25) is 0 Å². The van der Waals surface area contributed by atoms with Gasteiger partial charge < -0.3 is 24.4 Å². The quantitative estimate of drug-likeness (QED) is 0.541. The van der Waals surface area contributed by atoms with Crippen molar-refractivity contribution in [3.05, 3.63) is 12.2 Å². The zero-order valence-corrected chi connectivity index (χ0v) is 17.9. The van der Waals surface area contributed by atoms with E-state index >= 15 is 0 Å². The Hall–Kier alpha value is -0.950. The van der Waals surface area contributed by atoms with Crippen molar-refractivity contribution in [3.63, 3.8) is 0 Å². The number of ether oxygens (including phenoxy) is 3. The number of rotatable bonds is 2. The van der Waals surface area contributed by atoms with E-state index in [-0.39, 0.29) is 35.2 Å². The normalized spacial score (nSPS) is 54.6. The fourth-order valence-corrected chi connectivity index (χ4v) is 8.62. The first-order valence-corrected chi connectivity index (χ1v) is 11.0. The second-order valence-electron chi connectivity index (χ2n) is 10.8. The van der Waals surface area contributed by atoms with Crippen LogP contribution < -0.4 is 0 Å². The minimum Gasteiger partial charge on any atom is -0.461 e. The monoisotopic (exact) mass is 406 g/mol. The number of aliphatic hydroxyl groups is 2. The van der Waals surface area contributed by atoms with Crippen LogP contribution >= 0.6 is 0 Å². The number of hydrogen-bond acceptors (Lipinski definition) is 6. The third-order valence-electron chi connectivity index (χ3n) is 9.53. The zero-order valence-electron chi connectivity index (χ0n) is 17.9. The van der Waals surface area contributed by atoms with Crippen molar-refractivity contribution < 1.29 is 29.2 Å². The minimum atomic E-state index is -0.804. The molecule has 4 bridgehead atoms. The van der Waals surface area contributed by atoms with Gasteiger partial charge in [-0.15, -0.1) is 0 Å². The van der Waals surface area contributed by atoms with Crippen LogP contribution in [0.3, 0.4) is 0 Å². The molecule has 2 N–H and O–H groups in total. The average molecular weight is 407 g/mol. The first-order chi connectivity index (χ1) is 13.6. The van der Waals surface area contributed by atoms with Crippen molar-refractivity contribution in [2.75, 3.05) is 7.11 Å². The Balaban J connectivity index is 1.73. The van der Waals surface area contributed by atoms with Gasteiger partial charge in [0.15, 0.2) is 6.29 Å². The summed E-state index contributed by atoms with van der Waals surface area (Å²) in [5.41, 5.74) is -0.596. The molecule has 162 valence electrons. The number of fused-ring (bicyclic) bond motifs is 2. The Morgan fingerprint density at radius 3 is 2.55 bits per heavy atom. The van der Waals surface area contributed by atoms with Crippen LogP contribution in [0.2, 0.25) is 0 Å². The van der Waals surface area contributed by atoms with Gasteiger partial charge in [-0.05, 0) is 54.9 Å². The lowest BCUT2D eigenvalue weighted by Gasteiger charge is -2.74. The number of aliphatic hydroxyl groups excluding tert-OH is 2. The van der Waals surface area contributed by atoms with Gasteiger partial charge in [0.25, 0.3) is 0 Å².